The molecule has 1 aliphatic rings. The first-order valence-electron chi connectivity index (χ1n) is 8.53. The van der Waals surface area contributed by atoms with Gasteiger partial charge in [-0.1, -0.05) is 6.42 Å². The van der Waals surface area contributed by atoms with E-state index in [0.29, 0.717) is 24.5 Å². The third-order valence-corrected chi connectivity index (χ3v) is 5.44. The van der Waals surface area contributed by atoms with Crippen LogP contribution >= 0.6 is 0 Å². The van der Waals surface area contributed by atoms with Crippen LogP contribution in [-0.4, -0.2) is 31.7 Å². The summed E-state index contributed by atoms with van der Waals surface area (Å²) in [7, 11) is -3.72. The molecule has 2 N–H and O–H groups in total. The standard InChI is InChI=1S/C18H19FN4O3S/c19-16-10-5-13(12-21-16)18(24)22-14-6-8-15(9-7-14)27(25,26)23-17-4-2-1-3-11-20-17/h5-10,12H,1-4,11H2,(H,20,23)(H,22,24). The number of nitrogens with zero attached hydrogens (tertiary/aromatic N) is 2. The minimum absolute atomic E-state index is 0.0795. The molecule has 0 unspecified atom stereocenters. The molecule has 0 saturated heterocycles. The van der Waals surface area contributed by atoms with Crippen molar-refractivity contribution in [2.75, 3.05) is 11.9 Å². The number of aliphatic imine (C=N–C) groups is 1. The van der Waals surface area contributed by atoms with Crippen molar-refractivity contribution in [1.82, 2.24) is 9.71 Å². The van der Waals surface area contributed by atoms with Gasteiger partial charge in [-0.2, -0.15) is 4.39 Å². The molecule has 9 heteroatoms. The van der Waals surface area contributed by atoms with E-state index in [1.54, 1.807) is 0 Å². The number of hydrogen-bond donors (Lipinski definition) is 2. The zero-order valence-corrected chi connectivity index (χ0v) is 15.3. The number of hydrogen-bond acceptors (Lipinski definition) is 5. The third-order valence-electron chi connectivity index (χ3n) is 4.04. The van der Waals surface area contributed by atoms with E-state index in [-0.39, 0.29) is 10.5 Å². The molecule has 1 aromatic carbocycles. The lowest BCUT2D eigenvalue weighted by Gasteiger charge is -2.10. The molecule has 0 atom stereocenters. The van der Waals surface area contributed by atoms with E-state index in [0.717, 1.165) is 31.5 Å². The molecule has 1 aliphatic heterocycles. The maximum Gasteiger partial charge on any atom is 0.262 e. The summed E-state index contributed by atoms with van der Waals surface area (Å²) in [6.07, 6.45) is 4.64. The Bertz CT molecular complexity index is 942. The fourth-order valence-corrected chi connectivity index (χ4v) is 3.69. The molecular formula is C18H19FN4O3S. The highest BCUT2D eigenvalue weighted by Gasteiger charge is 2.17. The first-order chi connectivity index (χ1) is 12.9. The fourth-order valence-electron chi connectivity index (χ4n) is 2.60. The second kappa shape index (κ2) is 8.26. The predicted molar refractivity (Wildman–Crippen MR) is 99.7 cm³/mol. The summed E-state index contributed by atoms with van der Waals surface area (Å²) in [5.74, 6) is -0.662. The van der Waals surface area contributed by atoms with Crippen LogP contribution in [0.2, 0.25) is 0 Å². The number of aromatic nitrogens is 1. The number of rotatable bonds is 4. The Balaban J connectivity index is 1.67. The molecular weight excluding hydrogens is 371 g/mol. The summed E-state index contributed by atoms with van der Waals surface area (Å²) in [6, 6.07) is 8.17. The van der Waals surface area contributed by atoms with Gasteiger partial charge in [0.1, 0.15) is 5.84 Å². The van der Waals surface area contributed by atoms with E-state index in [1.807, 2.05) is 0 Å². The largest absolute Gasteiger partial charge is 0.322 e. The molecule has 0 fully saturated rings. The van der Waals surface area contributed by atoms with E-state index in [1.165, 1.54) is 30.3 Å². The molecule has 0 bridgehead atoms. The van der Waals surface area contributed by atoms with Gasteiger partial charge in [-0.05, 0) is 49.2 Å². The first-order valence-corrected chi connectivity index (χ1v) is 10.0. The molecule has 2 heterocycles. The van der Waals surface area contributed by atoms with Gasteiger partial charge in [-0.25, -0.2) is 13.4 Å². The molecule has 3 rings (SSSR count). The van der Waals surface area contributed by atoms with Crippen LogP contribution in [0.15, 0.2) is 52.5 Å². The van der Waals surface area contributed by atoms with Crippen molar-refractivity contribution in [1.29, 1.82) is 0 Å². The van der Waals surface area contributed by atoms with Crippen LogP contribution in [0.1, 0.15) is 36.0 Å². The Hall–Kier alpha value is -2.81. The zero-order valence-electron chi connectivity index (χ0n) is 14.5. The van der Waals surface area contributed by atoms with Gasteiger partial charge in [0.25, 0.3) is 15.9 Å². The van der Waals surface area contributed by atoms with Gasteiger partial charge < -0.3 is 5.32 Å². The number of pyridine rings is 1. The highest BCUT2D eigenvalue weighted by Crippen LogP contribution is 2.16. The van der Waals surface area contributed by atoms with E-state index < -0.39 is 21.9 Å². The third kappa shape index (κ3) is 5.10. The summed E-state index contributed by atoms with van der Waals surface area (Å²) in [4.78, 5) is 19.9. The highest BCUT2D eigenvalue weighted by molar-refractivity contribution is 7.90. The topological polar surface area (TPSA) is 101 Å². The Morgan fingerprint density at radius 2 is 1.81 bits per heavy atom. The van der Waals surface area contributed by atoms with E-state index in [9.17, 15) is 17.6 Å². The normalized spacial score (nSPS) is 14.8. The number of halogens is 1. The molecule has 27 heavy (non-hydrogen) atoms. The molecule has 2 aromatic rings. The zero-order chi connectivity index (χ0) is 19.3. The van der Waals surface area contributed by atoms with Gasteiger partial charge in [-0.3, -0.25) is 14.5 Å². The van der Waals surface area contributed by atoms with Crippen LogP contribution in [0.5, 0.6) is 0 Å². The molecule has 1 aromatic heterocycles. The van der Waals surface area contributed by atoms with Gasteiger partial charge in [0, 0.05) is 24.8 Å². The summed E-state index contributed by atoms with van der Waals surface area (Å²) in [5.41, 5.74) is 0.608. The van der Waals surface area contributed by atoms with Crippen LogP contribution in [0, 0.1) is 5.95 Å². The molecule has 1 amide bonds. The van der Waals surface area contributed by atoms with Crippen LogP contribution in [0.3, 0.4) is 0 Å². The summed E-state index contributed by atoms with van der Waals surface area (Å²) < 4.78 is 40.3. The van der Waals surface area contributed by atoms with Gasteiger partial charge in [0.2, 0.25) is 5.95 Å². The number of sulfonamides is 1. The number of carbonyl (C=O) groups excluding carboxylic acids is 1. The lowest BCUT2D eigenvalue weighted by Crippen LogP contribution is -2.30. The van der Waals surface area contributed by atoms with E-state index in [4.69, 9.17) is 0 Å². The predicted octanol–water partition coefficient (Wildman–Crippen LogP) is 2.72. The summed E-state index contributed by atoms with van der Waals surface area (Å²) in [6.45, 7) is 0.626. The number of carbonyl (C=O) groups is 1. The Morgan fingerprint density at radius 1 is 1.04 bits per heavy atom. The van der Waals surface area contributed by atoms with Crippen molar-refractivity contribution < 1.29 is 17.6 Å². The highest BCUT2D eigenvalue weighted by atomic mass is 32.2. The summed E-state index contributed by atoms with van der Waals surface area (Å²) >= 11 is 0. The molecule has 0 saturated carbocycles. The summed E-state index contributed by atoms with van der Waals surface area (Å²) in [5, 5.41) is 2.61. The molecule has 0 spiro atoms. The number of anilines is 1. The van der Waals surface area contributed by atoms with Crippen LogP contribution in [0.25, 0.3) is 0 Å². The lowest BCUT2D eigenvalue weighted by molar-refractivity contribution is 0.102. The van der Waals surface area contributed by atoms with Crippen molar-refractivity contribution in [2.24, 2.45) is 4.99 Å². The van der Waals surface area contributed by atoms with Crippen molar-refractivity contribution >= 4 is 27.5 Å². The number of nitrogens with one attached hydrogen (secondary N) is 2. The lowest BCUT2D eigenvalue weighted by atomic mass is 10.2. The minimum atomic E-state index is -3.72. The molecule has 0 aliphatic carbocycles. The fraction of sp³-hybridized carbons (Fsp3) is 0.278. The van der Waals surface area contributed by atoms with E-state index in [2.05, 4.69) is 20.0 Å². The van der Waals surface area contributed by atoms with Crippen LogP contribution < -0.4 is 10.0 Å². The SMILES string of the molecule is O=C(Nc1ccc(S(=O)(=O)NC2=NCCCCC2)cc1)c1ccc(F)nc1. The molecule has 7 nitrogen and oxygen atoms in total. The van der Waals surface area contributed by atoms with Crippen molar-refractivity contribution in [3.8, 4) is 0 Å². The van der Waals surface area contributed by atoms with Crippen molar-refractivity contribution in [3.05, 3.63) is 54.1 Å². The molecule has 142 valence electrons. The van der Waals surface area contributed by atoms with Gasteiger partial charge in [0.05, 0.1) is 10.5 Å². The van der Waals surface area contributed by atoms with E-state index >= 15 is 0 Å². The molecule has 0 radical (unpaired) electrons. The Labute approximate surface area is 156 Å². The van der Waals surface area contributed by atoms with Gasteiger partial charge >= 0.3 is 0 Å². The Morgan fingerprint density at radius 3 is 2.52 bits per heavy atom. The van der Waals surface area contributed by atoms with Gasteiger partial charge in [-0.15, -0.1) is 0 Å². The van der Waals surface area contributed by atoms with Crippen LogP contribution in [0.4, 0.5) is 10.1 Å². The van der Waals surface area contributed by atoms with Crippen molar-refractivity contribution in [3.63, 3.8) is 0 Å². The number of amides is 1. The maximum atomic E-state index is 12.8. The second-order valence-electron chi connectivity index (χ2n) is 6.09. The quantitative estimate of drug-likeness (QED) is 0.784. The first kappa shape index (κ1) is 19.0. The van der Waals surface area contributed by atoms with Crippen molar-refractivity contribution in [2.45, 2.75) is 30.6 Å². The monoisotopic (exact) mass is 390 g/mol. The number of amidine groups is 1. The number of benzene rings is 1. The Kier molecular flexibility index (Phi) is 5.80. The smallest absolute Gasteiger partial charge is 0.262 e. The van der Waals surface area contributed by atoms with Gasteiger partial charge in [0.15, 0.2) is 0 Å². The minimum Gasteiger partial charge on any atom is -0.322 e. The maximum absolute atomic E-state index is 12.8. The van der Waals surface area contributed by atoms with Crippen LogP contribution in [-0.2, 0) is 10.0 Å². The average molecular weight is 390 g/mol. The average Bonchev–Trinajstić information content (AvgIpc) is 2.91. The second-order valence-corrected chi connectivity index (χ2v) is 7.78.